The predicted octanol–water partition coefficient (Wildman–Crippen LogP) is 3.88. The summed E-state index contributed by atoms with van der Waals surface area (Å²) in [5.41, 5.74) is 8.40. The Kier molecular flexibility index (Phi) is 9.38. The van der Waals surface area contributed by atoms with E-state index in [0.29, 0.717) is 16.9 Å². The fourth-order valence-corrected chi connectivity index (χ4v) is 3.81. The maximum atomic E-state index is 12.8. The number of rotatable bonds is 7. The number of aromatic amines is 1. The maximum Gasteiger partial charge on any atom is 0.289 e. The fraction of sp³-hybridized carbons (Fsp3) is 0.417. The number of nitrogens with zero attached hydrogens (tertiary/aromatic N) is 3. The Labute approximate surface area is 204 Å². The zero-order valence-electron chi connectivity index (χ0n) is 19.8. The minimum Gasteiger partial charge on any atom is -0.381 e. The number of H-pyrrole nitrogens is 1. The van der Waals surface area contributed by atoms with Gasteiger partial charge < -0.3 is 21.1 Å². The molecule has 0 bridgehead atoms. The Balaban J connectivity index is 0.00000158. The van der Waals surface area contributed by atoms with Crippen molar-refractivity contribution in [1.82, 2.24) is 25.5 Å². The topological polar surface area (TPSA) is 131 Å². The highest BCUT2D eigenvalue weighted by molar-refractivity contribution is 6.30. The molecule has 3 heterocycles. The number of nitrogens with two attached hydrogens (primary N) is 1. The van der Waals surface area contributed by atoms with Gasteiger partial charge in [-0.05, 0) is 49.1 Å². The summed E-state index contributed by atoms with van der Waals surface area (Å²) in [6, 6.07) is 9.06. The molecule has 1 amide bonds. The molecule has 0 radical (unpaired) electrons. The predicted molar refractivity (Wildman–Crippen MR) is 134 cm³/mol. The summed E-state index contributed by atoms with van der Waals surface area (Å²) < 4.78 is 5.41. The van der Waals surface area contributed by atoms with Crippen molar-refractivity contribution in [1.29, 1.82) is 0 Å². The molecule has 1 unspecified atom stereocenters. The molecule has 0 spiro atoms. The number of carbonyl (C=O) groups excluding carboxylic acids is 1. The minimum atomic E-state index is -0.397. The molecule has 3 aromatic rings. The second-order valence-electron chi connectivity index (χ2n) is 7.74. The highest BCUT2D eigenvalue weighted by Crippen LogP contribution is 2.24. The Hall–Kier alpha value is -3.01. The SMILES string of the molecule is CC.Cc1cnc(NC2CCOCC2)cc1-c1n[nH]c(C(=O)NC(CN)c2cccc(Cl)c2)n1. The molecule has 9 nitrogen and oxygen atoms in total. The van der Waals surface area contributed by atoms with Crippen LogP contribution in [0.3, 0.4) is 0 Å². The van der Waals surface area contributed by atoms with Gasteiger partial charge in [0.2, 0.25) is 5.82 Å². The van der Waals surface area contributed by atoms with Gasteiger partial charge in [0, 0.05) is 42.6 Å². The number of ether oxygens (including phenoxy) is 1. The first kappa shape index (κ1) is 25.6. The number of carbonyl (C=O) groups is 1. The second kappa shape index (κ2) is 12.5. The van der Waals surface area contributed by atoms with Crippen molar-refractivity contribution < 1.29 is 9.53 Å². The smallest absolute Gasteiger partial charge is 0.289 e. The summed E-state index contributed by atoms with van der Waals surface area (Å²) in [5.74, 6) is 0.886. The van der Waals surface area contributed by atoms with E-state index in [1.54, 1.807) is 18.3 Å². The number of aryl methyl sites for hydroxylation is 1. The number of benzene rings is 1. The number of halogens is 1. The van der Waals surface area contributed by atoms with Gasteiger partial charge in [0.15, 0.2) is 5.82 Å². The molecule has 4 rings (SSSR count). The van der Waals surface area contributed by atoms with Gasteiger partial charge in [0.05, 0.1) is 6.04 Å². The molecule has 182 valence electrons. The summed E-state index contributed by atoms with van der Waals surface area (Å²) >= 11 is 6.06. The highest BCUT2D eigenvalue weighted by Gasteiger charge is 2.20. The van der Waals surface area contributed by atoms with E-state index in [9.17, 15) is 4.79 Å². The highest BCUT2D eigenvalue weighted by atomic mass is 35.5. The van der Waals surface area contributed by atoms with Crippen molar-refractivity contribution in [2.24, 2.45) is 5.73 Å². The molecule has 5 N–H and O–H groups in total. The number of aromatic nitrogens is 4. The third-order valence-electron chi connectivity index (χ3n) is 5.41. The van der Waals surface area contributed by atoms with E-state index in [1.165, 1.54) is 0 Å². The summed E-state index contributed by atoms with van der Waals surface area (Å²) in [6.07, 6.45) is 3.65. The van der Waals surface area contributed by atoms with Gasteiger partial charge in [-0.25, -0.2) is 9.97 Å². The van der Waals surface area contributed by atoms with Gasteiger partial charge >= 0.3 is 0 Å². The van der Waals surface area contributed by atoms with E-state index in [1.807, 2.05) is 39.0 Å². The van der Waals surface area contributed by atoms with E-state index in [-0.39, 0.29) is 12.4 Å². The van der Waals surface area contributed by atoms with Crippen LogP contribution in [0.5, 0.6) is 0 Å². The molecule has 1 saturated heterocycles. The van der Waals surface area contributed by atoms with Crippen LogP contribution in [0.2, 0.25) is 5.02 Å². The average molecular weight is 486 g/mol. The standard InChI is InChI=1S/C22H26ClN7O2.C2H6/c1-13-12-25-19(26-16-5-7-32-8-6-16)10-17(13)20-28-21(30-29-20)22(31)27-18(11-24)14-3-2-4-15(23)9-14;1-2/h2-4,9-10,12,16,18H,5-8,11,24H2,1H3,(H,25,26)(H,27,31)(H,28,29,30);1-2H3. The number of pyridine rings is 1. The lowest BCUT2D eigenvalue weighted by atomic mass is 10.1. The van der Waals surface area contributed by atoms with Crippen molar-refractivity contribution in [3.63, 3.8) is 0 Å². The molecular weight excluding hydrogens is 454 g/mol. The first-order chi connectivity index (χ1) is 16.5. The van der Waals surface area contributed by atoms with Crippen molar-refractivity contribution in [2.45, 2.75) is 45.7 Å². The normalized spacial score (nSPS) is 14.6. The van der Waals surface area contributed by atoms with Gasteiger partial charge in [-0.15, -0.1) is 0 Å². The van der Waals surface area contributed by atoms with E-state index in [4.69, 9.17) is 22.1 Å². The molecule has 0 saturated carbocycles. The van der Waals surface area contributed by atoms with Crippen LogP contribution in [0.25, 0.3) is 11.4 Å². The number of hydrogen-bond acceptors (Lipinski definition) is 7. The van der Waals surface area contributed by atoms with E-state index < -0.39 is 11.9 Å². The average Bonchev–Trinajstić information content (AvgIpc) is 3.36. The van der Waals surface area contributed by atoms with Crippen molar-refractivity contribution >= 4 is 23.3 Å². The number of amides is 1. The Morgan fingerprint density at radius 1 is 1.29 bits per heavy atom. The van der Waals surface area contributed by atoms with Crippen LogP contribution in [-0.4, -0.2) is 51.9 Å². The monoisotopic (exact) mass is 485 g/mol. The maximum absolute atomic E-state index is 12.8. The van der Waals surface area contributed by atoms with Crippen molar-refractivity contribution in [2.75, 3.05) is 25.1 Å². The summed E-state index contributed by atoms with van der Waals surface area (Å²) in [6.45, 7) is 7.64. The lowest BCUT2D eigenvalue weighted by Gasteiger charge is -2.23. The van der Waals surface area contributed by atoms with Crippen LogP contribution in [0.15, 0.2) is 36.5 Å². The van der Waals surface area contributed by atoms with E-state index in [0.717, 1.165) is 48.6 Å². The molecule has 1 aliphatic heterocycles. The van der Waals surface area contributed by atoms with Crippen LogP contribution in [0.1, 0.15) is 54.5 Å². The Bertz CT molecular complexity index is 1080. The molecule has 1 atom stereocenters. The van der Waals surface area contributed by atoms with Crippen LogP contribution in [-0.2, 0) is 4.74 Å². The van der Waals surface area contributed by atoms with Gasteiger partial charge in [-0.1, -0.05) is 37.6 Å². The van der Waals surface area contributed by atoms with Crippen LogP contribution in [0, 0.1) is 6.92 Å². The van der Waals surface area contributed by atoms with Gasteiger partial charge in [-0.3, -0.25) is 9.89 Å². The third-order valence-corrected chi connectivity index (χ3v) is 5.65. The Morgan fingerprint density at radius 3 is 2.76 bits per heavy atom. The molecule has 34 heavy (non-hydrogen) atoms. The van der Waals surface area contributed by atoms with Crippen LogP contribution >= 0.6 is 11.6 Å². The Morgan fingerprint density at radius 2 is 2.06 bits per heavy atom. The zero-order chi connectivity index (χ0) is 24.5. The molecule has 2 aromatic heterocycles. The van der Waals surface area contributed by atoms with Gasteiger partial charge in [-0.2, -0.15) is 5.10 Å². The first-order valence-corrected chi connectivity index (χ1v) is 11.9. The quantitative estimate of drug-likeness (QED) is 0.399. The number of nitrogens with one attached hydrogen (secondary N) is 3. The van der Waals surface area contributed by atoms with Crippen LogP contribution in [0.4, 0.5) is 5.82 Å². The summed E-state index contributed by atoms with van der Waals surface area (Å²) in [4.78, 5) is 21.6. The molecule has 1 aromatic carbocycles. The number of anilines is 1. The minimum absolute atomic E-state index is 0.107. The molecular formula is C24H32ClN7O2. The zero-order valence-corrected chi connectivity index (χ0v) is 20.5. The summed E-state index contributed by atoms with van der Waals surface area (Å²) in [5, 5.41) is 13.9. The summed E-state index contributed by atoms with van der Waals surface area (Å²) in [7, 11) is 0. The van der Waals surface area contributed by atoms with Crippen molar-refractivity contribution in [3.8, 4) is 11.4 Å². The third kappa shape index (κ3) is 6.53. The molecule has 1 fully saturated rings. The molecule has 10 heteroatoms. The lowest BCUT2D eigenvalue weighted by molar-refractivity contribution is 0.0903. The molecule has 0 aliphatic carbocycles. The second-order valence-corrected chi connectivity index (χ2v) is 8.18. The van der Waals surface area contributed by atoms with Gasteiger partial charge in [0.1, 0.15) is 5.82 Å². The van der Waals surface area contributed by atoms with Crippen LogP contribution < -0.4 is 16.4 Å². The van der Waals surface area contributed by atoms with E-state index in [2.05, 4.69) is 30.8 Å². The first-order valence-electron chi connectivity index (χ1n) is 11.5. The lowest BCUT2D eigenvalue weighted by Crippen LogP contribution is -2.34. The van der Waals surface area contributed by atoms with Gasteiger partial charge in [0.25, 0.3) is 5.91 Å². The largest absolute Gasteiger partial charge is 0.381 e. The fourth-order valence-electron chi connectivity index (χ4n) is 3.61. The number of hydrogen-bond donors (Lipinski definition) is 4. The molecule has 1 aliphatic rings. The van der Waals surface area contributed by atoms with E-state index >= 15 is 0 Å². The van der Waals surface area contributed by atoms with Crippen molar-refractivity contribution in [3.05, 3.63) is 58.5 Å².